The molecule has 3 N–H and O–H groups in total. The zero-order valence-electron chi connectivity index (χ0n) is 9.46. The highest BCUT2D eigenvalue weighted by atomic mass is 19.4. The van der Waals surface area contributed by atoms with Crippen molar-refractivity contribution < 1.29 is 31.4 Å². The van der Waals surface area contributed by atoms with Crippen LogP contribution >= 0.6 is 0 Å². The van der Waals surface area contributed by atoms with Crippen molar-refractivity contribution in [3.05, 3.63) is 35.4 Å². The first-order chi connectivity index (χ1) is 8.51. The number of halogens is 6. The van der Waals surface area contributed by atoms with Gasteiger partial charge in [-0.1, -0.05) is 12.1 Å². The van der Waals surface area contributed by atoms with Gasteiger partial charge in [0.25, 0.3) is 0 Å². The number of alkyl halides is 6. The Morgan fingerprint density at radius 3 is 2.16 bits per heavy atom. The highest BCUT2D eigenvalue weighted by molar-refractivity contribution is 5.27. The number of benzene rings is 1. The molecule has 0 saturated carbocycles. The number of nitrogens with two attached hydrogens (primary N) is 1. The molecule has 1 aromatic rings. The summed E-state index contributed by atoms with van der Waals surface area (Å²) in [6.45, 7) is 0. The van der Waals surface area contributed by atoms with Gasteiger partial charge in [-0.25, -0.2) is 0 Å². The van der Waals surface area contributed by atoms with E-state index in [1.807, 2.05) is 0 Å². The summed E-state index contributed by atoms with van der Waals surface area (Å²) < 4.78 is 73.7. The number of aliphatic hydroxyl groups excluding tert-OH is 1. The zero-order valence-corrected chi connectivity index (χ0v) is 9.46. The number of aliphatic hydroxyl groups is 1. The van der Waals surface area contributed by atoms with E-state index in [0.29, 0.717) is 6.07 Å². The van der Waals surface area contributed by atoms with Gasteiger partial charge in [-0.05, 0) is 17.7 Å². The fourth-order valence-electron chi connectivity index (χ4n) is 1.43. The molecule has 0 fully saturated rings. The number of hydrogen-bond donors (Lipinski definition) is 2. The molecule has 108 valence electrons. The molecule has 0 heterocycles. The Morgan fingerprint density at radius 2 is 1.68 bits per heavy atom. The predicted octanol–water partition coefficient (Wildman–Crippen LogP) is 3.02. The minimum atomic E-state index is -4.71. The Kier molecular flexibility index (Phi) is 4.46. The van der Waals surface area contributed by atoms with Crippen molar-refractivity contribution in [3.63, 3.8) is 0 Å². The lowest BCUT2D eigenvalue weighted by atomic mass is 10.00. The molecule has 0 bridgehead atoms. The molecule has 1 aromatic carbocycles. The summed E-state index contributed by atoms with van der Waals surface area (Å²) in [6.07, 6.45) is -11.9. The van der Waals surface area contributed by atoms with E-state index in [1.54, 1.807) is 0 Å². The van der Waals surface area contributed by atoms with E-state index < -0.39 is 36.5 Å². The van der Waals surface area contributed by atoms with E-state index in [1.165, 1.54) is 0 Å². The molecule has 1 rings (SSSR count). The average Bonchev–Trinajstić information content (AvgIpc) is 2.26. The van der Waals surface area contributed by atoms with Crippen molar-refractivity contribution in [2.75, 3.05) is 0 Å². The van der Waals surface area contributed by atoms with Crippen molar-refractivity contribution in [2.24, 2.45) is 5.73 Å². The van der Waals surface area contributed by atoms with Gasteiger partial charge in [-0.3, -0.25) is 0 Å². The van der Waals surface area contributed by atoms with Crippen molar-refractivity contribution in [3.8, 4) is 0 Å². The Labute approximate surface area is 104 Å². The van der Waals surface area contributed by atoms with Crippen LogP contribution in [0.3, 0.4) is 0 Å². The van der Waals surface area contributed by atoms with Crippen molar-refractivity contribution in [1.29, 1.82) is 0 Å². The smallest absolute Gasteiger partial charge is 0.388 e. The van der Waals surface area contributed by atoms with Gasteiger partial charge in [0, 0.05) is 6.42 Å². The molecule has 0 aliphatic carbocycles. The van der Waals surface area contributed by atoms with Crippen LogP contribution in [0.25, 0.3) is 0 Å². The van der Waals surface area contributed by atoms with Crippen LogP contribution < -0.4 is 5.73 Å². The Balaban J connectivity index is 2.86. The van der Waals surface area contributed by atoms with E-state index in [0.717, 1.165) is 18.2 Å². The van der Waals surface area contributed by atoms with Crippen LogP contribution in [-0.2, 0) is 6.18 Å². The number of hydrogen-bond acceptors (Lipinski definition) is 2. The van der Waals surface area contributed by atoms with Gasteiger partial charge < -0.3 is 10.8 Å². The normalized spacial score (nSPS) is 16.2. The molecule has 0 aromatic heterocycles. The summed E-state index contributed by atoms with van der Waals surface area (Å²) in [5, 5.41) is 9.50. The fourth-order valence-corrected chi connectivity index (χ4v) is 1.43. The third kappa shape index (κ3) is 4.39. The molecule has 0 saturated heterocycles. The van der Waals surface area contributed by atoms with E-state index >= 15 is 0 Å². The maximum atomic E-state index is 12.4. The first-order valence-electron chi connectivity index (χ1n) is 5.19. The lowest BCUT2D eigenvalue weighted by Gasteiger charge is -2.20. The van der Waals surface area contributed by atoms with E-state index in [2.05, 4.69) is 0 Å². The molecule has 0 aliphatic rings. The lowest BCUT2D eigenvalue weighted by Crippen LogP contribution is -2.38. The summed E-state index contributed by atoms with van der Waals surface area (Å²) in [5.74, 6) is 0. The molecule has 0 amide bonds. The monoisotopic (exact) mass is 287 g/mol. The van der Waals surface area contributed by atoms with Gasteiger partial charge in [-0.2, -0.15) is 26.3 Å². The van der Waals surface area contributed by atoms with Crippen LogP contribution in [0.5, 0.6) is 0 Å². The second kappa shape index (κ2) is 5.38. The first kappa shape index (κ1) is 15.8. The molecular formula is C11H11F6NO. The number of rotatable bonds is 3. The summed E-state index contributed by atoms with van der Waals surface area (Å²) >= 11 is 0. The minimum Gasteiger partial charge on any atom is -0.388 e. The Morgan fingerprint density at radius 1 is 1.11 bits per heavy atom. The molecule has 0 aliphatic heterocycles. The Hall–Kier alpha value is -1.28. The fraction of sp³-hybridized carbons (Fsp3) is 0.455. The SMILES string of the molecule is N[C@H](C[C@H](O)c1cccc(C(F)(F)F)c1)C(F)(F)F. The molecular weight excluding hydrogens is 276 g/mol. The van der Waals surface area contributed by atoms with Gasteiger partial charge in [-0.15, -0.1) is 0 Å². The van der Waals surface area contributed by atoms with Crippen molar-refractivity contribution >= 4 is 0 Å². The maximum absolute atomic E-state index is 12.4. The molecule has 2 nitrogen and oxygen atoms in total. The molecule has 0 radical (unpaired) electrons. The van der Waals surface area contributed by atoms with E-state index in [9.17, 15) is 31.4 Å². The van der Waals surface area contributed by atoms with Crippen molar-refractivity contribution in [1.82, 2.24) is 0 Å². The van der Waals surface area contributed by atoms with Crippen LogP contribution in [0.2, 0.25) is 0 Å². The summed E-state index contributed by atoms with van der Waals surface area (Å²) in [4.78, 5) is 0. The van der Waals surface area contributed by atoms with Crippen LogP contribution in [0.4, 0.5) is 26.3 Å². The van der Waals surface area contributed by atoms with Gasteiger partial charge in [0.15, 0.2) is 0 Å². The van der Waals surface area contributed by atoms with Crippen LogP contribution in [0, 0.1) is 0 Å². The van der Waals surface area contributed by atoms with Crippen LogP contribution in [-0.4, -0.2) is 17.3 Å². The van der Waals surface area contributed by atoms with Gasteiger partial charge >= 0.3 is 12.4 Å². The topological polar surface area (TPSA) is 46.2 Å². The average molecular weight is 287 g/mol. The largest absolute Gasteiger partial charge is 0.416 e. The third-order valence-corrected chi connectivity index (χ3v) is 2.50. The molecule has 8 heteroatoms. The standard InChI is InChI=1S/C11H11F6NO/c12-10(13,14)7-3-1-2-6(4-7)8(19)5-9(18)11(15,16)17/h1-4,8-9,19H,5,18H2/t8-,9+/m0/s1. The van der Waals surface area contributed by atoms with Crippen LogP contribution in [0.15, 0.2) is 24.3 Å². The molecule has 0 unspecified atom stereocenters. The van der Waals surface area contributed by atoms with Crippen molar-refractivity contribution in [2.45, 2.75) is 30.9 Å². The maximum Gasteiger partial charge on any atom is 0.416 e. The third-order valence-electron chi connectivity index (χ3n) is 2.50. The predicted molar refractivity (Wildman–Crippen MR) is 55.1 cm³/mol. The van der Waals surface area contributed by atoms with Gasteiger partial charge in [0.05, 0.1) is 11.7 Å². The molecule has 19 heavy (non-hydrogen) atoms. The summed E-state index contributed by atoms with van der Waals surface area (Å²) in [6, 6.07) is 1.20. The molecule has 2 atom stereocenters. The second-order valence-electron chi connectivity index (χ2n) is 4.02. The highest BCUT2D eigenvalue weighted by Gasteiger charge is 2.38. The van der Waals surface area contributed by atoms with E-state index in [4.69, 9.17) is 5.73 Å². The second-order valence-corrected chi connectivity index (χ2v) is 4.02. The van der Waals surface area contributed by atoms with Gasteiger partial charge in [0.2, 0.25) is 0 Å². The quantitative estimate of drug-likeness (QED) is 0.839. The van der Waals surface area contributed by atoms with Crippen LogP contribution in [0.1, 0.15) is 23.7 Å². The Bertz CT molecular complexity index is 428. The summed E-state index contributed by atoms with van der Waals surface area (Å²) in [7, 11) is 0. The summed E-state index contributed by atoms with van der Waals surface area (Å²) in [5.41, 5.74) is 3.51. The highest BCUT2D eigenvalue weighted by Crippen LogP contribution is 2.32. The zero-order chi connectivity index (χ0) is 14.8. The molecule has 0 spiro atoms. The first-order valence-corrected chi connectivity index (χ1v) is 5.19. The van der Waals surface area contributed by atoms with Gasteiger partial charge in [0.1, 0.15) is 6.04 Å². The van der Waals surface area contributed by atoms with E-state index in [-0.39, 0.29) is 5.56 Å². The lowest BCUT2D eigenvalue weighted by molar-refractivity contribution is -0.154. The minimum absolute atomic E-state index is 0.255.